The monoisotopic (exact) mass is 294 g/mol. The number of nitrogens with zero attached hydrogens (tertiary/aromatic N) is 1. The minimum absolute atomic E-state index is 0.183. The highest BCUT2D eigenvalue weighted by Crippen LogP contribution is 2.31. The maximum absolute atomic E-state index is 11.3. The number of carboxylic acid groups (broad SMARTS) is 1. The first-order valence-corrected chi connectivity index (χ1v) is 7.55. The van der Waals surface area contributed by atoms with Gasteiger partial charge in [0.2, 0.25) is 0 Å². The lowest BCUT2D eigenvalue weighted by Crippen LogP contribution is -2.42. The van der Waals surface area contributed by atoms with Crippen molar-refractivity contribution in [3.63, 3.8) is 0 Å². The van der Waals surface area contributed by atoms with E-state index in [0.29, 0.717) is 22.8 Å². The normalized spacial score (nSPS) is 26.2. The number of halogens is 1. The van der Waals surface area contributed by atoms with Crippen molar-refractivity contribution in [2.45, 2.75) is 37.8 Å². The zero-order chi connectivity index (χ0) is 14.1. The Balaban J connectivity index is 1.75. The molecule has 4 nitrogen and oxygen atoms in total. The van der Waals surface area contributed by atoms with Crippen LogP contribution in [0.15, 0.2) is 18.2 Å². The van der Waals surface area contributed by atoms with Gasteiger partial charge < -0.3 is 15.3 Å². The Morgan fingerprint density at radius 2 is 2.20 bits per heavy atom. The summed E-state index contributed by atoms with van der Waals surface area (Å²) in [4.78, 5) is 13.9. The Morgan fingerprint density at radius 3 is 3.00 bits per heavy atom. The van der Waals surface area contributed by atoms with E-state index < -0.39 is 5.97 Å². The molecule has 2 fully saturated rings. The van der Waals surface area contributed by atoms with Gasteiger partial charge in [0.1, 0.15) is 5.56 Å². The van der Waals surface area contributed by atoms with Gasteiger partial charge in [0.25, 0.3) is 0 Å². The maximum Gasteiger partial charge on any atom is 0.339 e. The Hall–Kier alpha value is -1.26. The number of benzene rings is 1. The van der Waals surface area contributed by atoms with Gasteiger partial charge in [-0.25, -0.2) is 4.79 Å². The molecule has 1 aromatic rings. The molecule has 2 saturated heterocycles. The third-order valence-corrected chi connectivity index (χ3v) is 4.72. The van der Waals surface area contributed by atoms with E-state index in [1.165, 1.54) is 19.4 Å². The second-order valence-corrected chi connectivity index (χ2v) is 6.07. The van der Waals surface area contributed by atoms with Crippen molar-refractivity contribution in [3.8, 4) is 0 Å². The Kier molecular flexibility index (Phi) is 3.85. The highest BCUT2D eigenvalue weighted by molar-refractivity contribution is 6.34. The Bertz CT molecular complexity index is 521. The zero-order valence-corrected chi connectivity index (χ0v) is 12.1. The van der Waals surface area contributed by atoms with Crippen molar-refractivity contribution < 1.29 is 9.90 Å². The number of aromatic carboxylic acids is 1. The third-order valence-electron chi connectivity index (χ3n) is 4.41. The summed E-state index contributed by atoms with van der Waals surface area (Å²) in [5, 5.41) is 13.0. The van der Waals surface area contributed by atoms with Gasteiger partial charge in [0.05, 0.1) is 10.7 Å². The van der Waals surface area contributed by atoms with Crippen LogP contribution >= 0.6 is 11.6 Å². The highest BCUT2D eigenvalue weighted by Gasteiger charge is 2.32. The van der Waals surface area contributed by atoms with Crippen molar-refractivity contribution in [2.24, 2.45) is 0 Å². The first-order chi connectivity index (χ1) is 9.65. The third kappa shape index (κ3) is 2.63. The number of hydrogen-bond donors (Lipinski definition) is 2. The van der Waals surface area contributed by atoms with Gasteiger partial charge in [-0.15, -0.1) is 0 Å². The molecular weight excluding hydrogens is 276 g/mol. The van der Waals surface area contributed by atoms with Crippen molar-refractivity contribution in [2.75, 3.05) is 18.4 Å². The van der Waals surface area contributed by atoms with Crippen LogP contribution in [0.25, 0.3) is 0 Å². The second kappa shape index (κ2) is 5.62. The van der Waals surface area contributed by atoms with Gasteiger partial charge in [0, 0.05) is 18.6 Å². The van der Waals surface area contributed by atoms with Crippen LogP contribution < -0.4 is 5.32 Å². The van der Waals surface area contributed by atoms with Gasteiger partial charge in [-0.3, -0.25) is 0 Å². The van der Waals surface area contributed by atoms with Crippen LogP contribution in [-0.4, -0.2) is 41.1 Å². The summed E-state index contributed by atoms with van der Waals surface area (Å²) < 4.78 is 0. The minimum Gasteiger partial charge on any atom is -0.478 e. The Morgan fingerprint density at radius 1 is 1.35 bits per heavy atom. The molecule has 0 radical (unpaired) electrons. The molecule has 0 aromatic heterocycles. The molecule has 0 bridgehead atoms. The summed E-state index contributed by atoms with van der Waals surface area (Å²) in [6.45, 7) is 2.32. The molecule has 2 atom stereocenters. The van der Waals surface area contributed by atoms with Gasteiger partial charge >= 0.3 is 5.97 Å². The molecule has 0 aliphatic carbocycles. The van der Waals surface area contributed by atoms with E-state index in [-0.39, 0.29) is 5.56 Å². The lowest BCUT2D eigenvalue weighted by molar-refractivity contribution is 0.0698. The van der Waals surface area contributed by atoms with E-state index in [2.05, 4.69) is 10.2 Å². The predicted octanol–water partition coefficient (Wildman–Crippen LogP) is 3.08. The lowest BCUT2D eigenvalue weighted by atomic mass is 9.97. The van der Waals surface area contributed by atoms with Crippen LogP contribution in [0.4, 0.5) is 5.69 Å². The number of hydrogen-bond acceptors (Lipinski definition) is 3. The smallest absolute Gasteiger partial charge is 0.339 e. The molecule has 20 heavy (non-hydrogen) atoms. The fourth-order valence-electron chi connectivity index (χ4n) is 3.44. The zero-order valence-electron chi connectivity index (χ0n) is 11.3. The molecule has 1 aromatic carbocycles. The summed E-state index contributed by atoms with van der Waals surface area (Å²) in [6, 6.07) is 6.22. The van der Waals surface area contributed by atoms with Crippen LogP contribution in [-0.2, 0) is 0 Å². The molecule has 2 N–H and O–H groups in total. The van der Waals surface area contributed by atoms with E-state index in [1.807, 2.05) is 0 Å². The van der Waals surface area contributed by atoms with E-state index in [4.69, 9.17) is 11.6 Å². The van der Waals surface area contributed by atoms with Gasteiger partial charge in [-0.05, 0) is 44.4 Å². The number of carbonyl (C=O) groups is 1. The number of anilines is 1. The first kappa shape index (κ1) is 13.7. The van der Waals surface area contributed by atoms with Crippen LogP contribution in [0, 0.1) is 0 Å². The molecule has 0 saturated carbocycles. The maximum atomic E-state index is 11.3. The van der Waals surface area contributed by atoms with Crippen LogP contribution in [0.2, 0.25) is 5.02 Å². The summed E-state index contributed by atoms with van der Waals surface area (Å²) >= 11 is 6.00. The quantitative estimate of drug-likeness (QED) is 0.899. The average molecular weight is 295 g/mol. The van der Waals surface area contributed by atoms with Gasteiger partial charge in [-0.2, -0.15) is 0 Å². The predicted molar refractivity (Wildman–Crippen MR) is 79.7 cm³/mol. The van der Waals surface area contributed by atoms with Crippen molar-refractivity contribution in [1.29, 1.82) is 0 Å². The summed E-state index contributed by atoms with van der Waals surface area (Å²) in [5.41, 5.74) is 0.824. The SMILES string of the molecule is O=C(O)c1c(Cl)cccc1NC1CCN2CCCC2C1. The molecule has 0 spiro atoms. The van der Waals surface area contributed by atoms with Crippen molar-refractivity contribution in [1.82, 2.24) is 4.90 Å². The van der Waals surface area contributed by atoms with E-state index in [9.17, 15) is 9.90 Å². The fourth-order valence-corrected chi connectivity index (χ4v) is 3.69. The van der Waals surface area contributed by atoms with Crippen LogP contribution in [0.5, 0.6) is 0 Å². The molecule has 2 heterocycles. The fraction of sp³-hybridized carbons (Fsp3) is 0.533. The topological polar surface area (TPSA) is 52.6 Å². The number of carboxylic acids is 1. The molecular formula is C15H19ClN2O2. The summed E-state index contributed by atoms with van der Waals surface area (Å²) in [7, 11) is 0. The average Bonchev–Trinajstić information content (AvgIpc) is 2.85. The number of rotatable bonds is 3. The van der Waals surface area contributed by atoms with Crippen molar-refractivity contribution in [3.05, 3.63) is 28.8 Å². The number of fused-ring (bicyclic) bond motifs is 1. The minimum atomic E-state index is -0.976. The van der Waals surface area contributed by atoms with Crippen LogP contribution in [0.1, 0.15) is 36.0 Å². The largest absolute Gasteiger partial charge is 0.478 e. The van der Waals surface area contributed by atoms with Crippen molar-refractivity contribution >= 4 is 23.3 Å². The Labute approximate surface area is 123 Å². The summed E-state index contributed by atoms with van der Waals surface area (Å²) in [6.07, 6.45) is 4.70. The molecule has 5 heteroatoms. The molecule has 2 unspecified atom stereocenters. The molecule has 3 rings (SSSR count). The number of piperidine rings is 1. The lowest BCUT2D eigenvalue weighted by Gasteiger charge is -2.35. The second-order valence-electron chi connectivity index (χ2n) is 5.67. The van der Waals surface area contributed by atoms with Gasteiger partial charge in [-0.1, -0.05) is 17.7 Å². The van der Waals surface area contributed by atoms with E-state index in [0.717, 1.165) is 19.4 Å². The molecule has 0 amide bonds. The van der Waals surface area contributed by atoms with E-state index in [1.54, 1.807) is 18.2 Å². The first-order valence-electron chi connectivity index (χ1n) is 7.17. The van der Waals surface area contributed by atoms with Gasteiger partial charge in [0.15, 0.2) is 0 Å². The molecule has 2 aliphatic rings. The van der Waals surface area contributed by atoms with Crippen LogP contribution in [0.3, 0.4) is 0 Å². The number of nitrogens with one attached hydrogen (secondary N) is 1. The molecule has 108 valence electrons. The summed E-state index contributed by atoms with van der Waals surface area (Å²) in [5.74, 6) is -0.976. The highest BCUT2D eigenvalue weighted by atomic mass is 35.5. The van der Waals surface area contributed by atoms with E-state index >= 15 is 0 Å². The standard InChI is InChI=1S/C15H19ClN2O2/c16-12-4-1-5-13(14(12)15(19)20)17-10-6-8-18-7-2-3-11(18)9-10/h1,4-5,10-11,17H,2-3,6-9H2,(H,19,20). The molecule has 2 aliphatic heterocycles.